The number of carbonyl (C=O) groups is 5. The maximum absolute atomic E-state index is 12.9. The number of aliphatic carboxylic acids is 2. The summed E-state index contributed by atoms with van der Waals surface area (Å²) in [7, 11) is 0. The highest BCUT2D eigenvalue weighted by molar-refractivity contribution is 5.94. The first-order chi connectivity index (χ1) is 15.9. The van der Waals surface area contributed by atoms with Gasteiger partial charge in [0.15, 0.2) is 6.04 Å². The lowest BCUT2D eigenvalue weighted by atomic mass is 10.0. The fourth-order valence-corrected chi connectivity index (χ4v) is 3.00. The Bertz CT molecular complexity index is 690. The van der Waals surface area contributed by atoms with Crippen molar-refractivity contribution in [2.24, 2.45) is 17.2 Å². The van der Waals surface area contributed by atoms with E-state index in [1.165, 1.54) is 6.92 Å². The SMILES string of the molecule is CC(O)C(NC(=O)C(CCCCN)NC(=O)C(CCCCN)NC(=O)C(N)CC(=O)O)C(=O)O. The van der Waals surface area contributed by atoms with Gasteiger partial charge in [0.1, 0.15) is 12.1 Å². The summed E-state index contributed by atoms with van der Waals surface area (Å²) in [5.74, 6) is -5.14. The van der Waals surface area contributed by atoms with Crippen molar-refractivity contribution >= 4 is 29.7 Å². The Morgan fingerprint density at radius 2 is 1.21 bits per heavy atom. The lowest BCUT2D eigenvalue weighted by Crippen LogP contribution is -2.58. The molecule has 0 aromatic carbocycles. The van der Waals surface area contributed by atoms with E-state index in [4.69, 9.17) is 22.3 Å². The number of hydrogen-bond acceptors (Lipinski definition) is 9. The van der Waals surface area contributed by atoms with Crippen LogP contribution in [-0.4, -0.2) is 88.3 Å². The Balaban J connectivity index is 5.51. The molecule has 0 fully saturated rings. The molecular weight excluding hydrogens is 452 g/mol. The normalized spacial score (nSPS) is 15.3. The molecule has 0 heterocycles. The zero-order valence-corrected chi connectivity index (χ0v) is 19.4. The summed E-state index contributed by atoms with van der Waals surface area (Å²) in [5.41, 5.74) is 16.5. The zero-order chi connectivity index (χ0) is 26.3. The first-order valence-electron chi connectivity index (χ1n) is 11.1. The number of unbranched alkanes of at least 4 members (excludes halogenated alkanes) is 2. The average Bonchev–Trinajstić information content (AvgIpc) is 2.74. The molecule has 0 aliphatic rings. The fourth-order valence-electron chi connectivity index (χ4n) is 3.00. The van der Waals surface area contributed by atoms with Gasteiger partial charge in [-0.05, 0) is 58.5 Å². The van der Waals surface area contributed by atoms with E-state index in [0.717, 1.165) is 0 Å². The van der Waals surface area contributed by atoms with Crippen molar-refractivity contribution < 1.29 is 39.3 Å². The zero-order valence-electron chi connectivity index (χ0n) is 19.4. The Kier molecular flexibility index (Phi) is 15.4. The van der Waals surface area contributed by atoms with Gasteiger partial charge < -0.3 is 48.5 Å². The Morgan fingerprint density at radius 1 is 0.765 bits per heavy atom. The van der Waals surface area contributed by atoms with Crippen molar-refractivity contribution in [1.29, 1.82) is 0 Å². The van der Waals surface area contributed by atoms with Crippen LogP contribution in [0.5, 0.6) is 0 Å². The van der Waals surface area contributed by atoms with E-state index in [1.807, 2.05) is 0 Å². The van der Waals surface area contributed by atoms with Crippen LogP contribution in [0.2, 0.25) is 0 Å². The second-order valence-corrected chi connectivity index (χ2v) is 7.96. The highest BCUT2D eigenvalue weighted by Crippen LogP contribution is 2.07. The minimum Gasteiger partial charge on any atom is -0.481 e. The molecule has 14 nitrogen and oxygen atoms in total. The standard InChI is InChI=1S/C20H38N6O8/c1-11(27)16(20(33)34)26-19(32)14(7-3-5-9-22)25-18(31)13(6-2-4-8-21)24-17(30)12(23)10-15(28)29/h11-14,16,27H,2-10,21-23H2,1H3,(H,24,30)(H,25,31)(H,26,32)(H,28,29)(H,33,34). The van der Waals surface area contributed by atoms with E-state index in [-0.39, 0.29) is 12.8 Å². The molecule has 34 heavy (non-hydrogen) atoms. The number of amides is 3. The van der Waals surface area contributed by atoms with Gasteiger partial charge in [0.2, 0.25) is 17.7 Å². The molecule has 196 valence electrons. The van der Waals surface area contributed by atoms with E-state index in [9.17, 15) is 34.2 Å². The van der Waals surface area contributed by atoms with Crippen LogP contribution in [0.15, 0.2) is 0 Å². The van der Waals surface area contributed by atoms with Crippen molar-refractivity contribution in [3.05, 3.63) is 0 Å². The maximum atomic E-state index is 12.9. The molecule has 5 atom stereocenters. The van der Waals surface area contributed by atoms with E-state index < -0.39 is 66.4 Å². The van der Waals surface area contributed by atoms with Gasteiger partial charge >= 0.3 is 11.9 Å². The van der Waals surface area contributed by atoms with Gasteiger partial charge in [-0.1, -0.05) is 0 Å². The van der Waals surface area contributed by atoms with Crippen molar-refractivity contribution in [2.75, 3.05) is 13.1 Å². The number of nitrogens with one attached hydrogen (secondary N) is 3. The largest absolute Gasteiger partial charge is 0.481 e. The molecule has 0 rings (SSSR count). The highest BCUT2D eigenvalue weighted by Gasteiger charge is 2.31. The van der Waals surface area contributed by atoms with Crippen LogP contribution in [0.25, 0.3) is 0 Å². The Labute approximate surface area is 198 Å². The van der Waals surface area contributed by atoms with Gasteiger partial charge in [0.25, 0.3) is 0 Å². The van der Waals surface area contributed by atoms with E-state index >= 15 is 0 Å². The monoisotopic (exact) mass is 490 g/mol. The van der Waals surface area contributed by atoms with Gasteiger partial charge in [-0.25, -0.2) is 4.79 Å². The molecule has 0 radical (unpaired) electrons. The summed E-state index contributed by atoms with van der Waals surface area (Å²) < 4.78 is 0. The van der Waals surface area contributed by atoms with Crippen LogP contribution in [0, 0.1) is 0 Å². The number of hydrogen-bond donors (Lipinski definition) is 9. The second kappa shape index (κ2) is 16.7. The van der Waals surface area contributed by atoms with E-state index in [2.05, 4.69) is 16.0 Å². The van der Waals surface area contributed by atoms with Gasteiger partial charge in [-0.15, -0.1) is 0 Å². The van der Waals surface area contributed by atoms with Crippen molar-refractivity contribution in [2.45, 2.75) is 82.1 Å². The fraction of sp³-hybridized carbons (Fsp3) is 0.750. The molecule has 0 bridgehead atoms. The lowest BCUT2D eigenvalue weighted by molar-refractivity contribution is -0.145. The van der Waals surface area contributed by atoms with Crippen LogP contribution in [0.4, 0.5) is 0 Å². The van der Waals surface area contributed by atoms with Crippen LogP contribution in [0.1, 0.15) is 51.9 Å². The summed E-state index contributed by atoms with van der Waals surface area (Å²) in [6.45, 7) is 1.89. The van der Waals surface area contributed by atoms with Gasteiger partial charge in [0.05, 0.1) is 18.6 Å². The Hall–Kier alpha value is -2.81. The van der Waals surface area contributed by atoms with Crippen LogP contribution < -0.4 is 33.2 Å². The van der Waals surface area contributed by atoms with Gasteiger partial charge in [-0.3, -0.25) is 19.2 Å². The smallest absolute Gasteiger partial charge is 0.328 e. The minimum atomic E-state index is -1.59. The summed E-state index contributed by atoms with van der Waals surface area (Å²) in [6.07, 6.45) is 0.240. The molecule has 0 spiro atoms. The topological polar surface area (TPSA) is 260 Å². The number of nitrogens with two attached hydrogens (primary N) is 3. The predicted molar refractivity (Wildman–Crippen MR) is 121 cm³/mol. The van der Waals surface area contributed by atoms with Crippen LogP contribution in [0.3, 0.4) is 0 Å². The number of aliphatic hydroxyl groups excluding tert-OH is 1. The summed E-state index contributed by atoms with van der Waals surface area (Å²) in [4.78, 5) is 60.0. The molecule has 0 aliphatic heterocycles. The third-order valence-corrected chi connectivity index (χ3v) is 4.94. The van der Waals surface area contributed by atoms with Gasteiger partial charge in [-0.2, -0.15) is 0 Å². The number of rotatable bonds is 18. The molecule has 12 N–H and O–H groups in total. The first-order valence-corrected chi connectivity index (χ1v) is 11.1. The van der Waals surface area contributed by atoms with Crippen molar-refractivity contribution in [3.63, 3.8) is 0 Å². The lowest BCUT2D eigenvalue weighted by Gasteiger charge is -2.25. The second-order valence-electron chi connectivity index (χ2n) is 7.96. The third kappa shape index (κ3) is 12.4. The number of carboxylic acid groups (broad SMARTS) is 2. The van der Waals surface area contributed by atoms with Gasteiger partial charge in [0, 0.05) is 0 Å². The summed E-state index contributed by atoms with van der Waals surface area (Å²) >= 11 is 0. The summed E-state index contributed by atoms with van der Waals surface area (Å²) in [5, 5.41) is 34.7. The maximum Gasteiger partial charge on any atom is 0.328 e. The number of carboxylic acids is 2. The van der Waals surface area contributed by atoms with E-state index in [0.29, 0.717) is 38.8 Å². The third-order valence-electron chi connectivity index (χ3n) is 4.94. The van der Waals surface area contributed by atoms with Crippen LogP contribution >= 0.6 is 0 Å². The number of carbonyl (C=O) groups excluding carboxylic acids is 3. The minimum absolute atomic E-state index is 0.128. The molecule has 0 saturated carbocycles. The molecule has 5 unspecified atom stereocenters. The molecule has 0 aromatic heterocycles. The first kappa shape index (κ1) is 31.2. The Morgan fingerprint density at radius 3 is 1.59 bits per heavy atom. The highest BCUT2D eigenvalue weighted by atomic mass is 16.4. The molecular formula is C20H38N6O8. The molecule has 0 aromatic rings. The van der Waals surface area contributed by atoms with Crippen molar-refractivity contribution in [1.82, 2.24) is 16.0 Å². The molecule has 3 amide bonds. The average molecular weight is 491 g/mol. The predicted octanol–water partition coefficient (Wildman–Crippen LogP) is -3.03. The molecule has 0 aliphatic carbocycles. The molecule has 0 saturated heterocycles. The van der Waals surface area contributed by atoms with E-state index in [1.54, 1.807) is 0 Å². The van der Waals surface area contributed by atoms with Crippen LogP contribution in [-0.2, 0) is 24.0 Å². The quantitative estimate of drug-likeness (QED) is 0.0872. The summed E-state index contributed by atoms with van der Waals surface area (Å²) in [6, 6.07) is -5.26. The number of aliphatic hydroxyl groups is 1. The van der Waals surface area contributed by atoms with Crippen molar-refractivity contribution in [3.8, 4) is 0 Å². The molecule has 14 heteroatoms.